The van der Waals surface area contributed by atoms with Gasteiger partial charge in [0.2, 0.25) is 0 Å². The monoisotopic (exact) mass is 522 g/mol. The molecule has 3 aromatic rings. The fraction of sp³-hybridized carbons (Fsp3) is 0.444. The Hall–Kier alpha value is -3.11. The van der Waals surface area contributed by atoms with Crippen LogP contribution in [0.2, 0.25) is 0 Å². The number of aliphatic hydroxyl groups excluding tert-OH is 1. The summed E-state index contributed by atoms with van der Waals surface area (Å²) >= 11 is 0. The number of morpholine rings is 1. The van der Waals surface area contributed by atoms with Crippen molar-refractivity contribution in [3.8, 4) is 5.75 Å². The standard InChI is InChI=1S/C27H30F4N2O4/c1-26(2,19-14-18(28)6-7-23(19)36-3)15-22(34)24(27(29,30)31)21-12-16-4-5-17(13-20(16)32-21)25(35)33-8-10-37-11-9-33/h4-7,12-14,22,24,32,34H,8-11,15H2,1-3H3. The molecule has 1 amide bonds. The topological polar surface area (TPSA) is 74.8 Å². The molecule has 2 unspecified atom stereocenters. The third-order valence-corrected chi connectivity index (χ3v) is 6.87. The first-order valence-corrected chi connectivity index (χ1v) is 12.0. The Morgan fingerprint density at radius 2 is 1.84 bits per heavy atom. The van der Waals surface area contributed by atoms with Crippen molar-refractivity contribution in [2.45, 2.75) is 43.9 Å². The van der Waals surface area contributed by atoms with Crippen molar-refractivity contribution in [1.29, 1.82) is 0 Å². The molecule has 10 heteroatoms. The first-order valence-electron chi connectivity index (χ1n) is 12.0. The molecule has 4 rings (SSSR count). The van der Waals surface area contributed by atoms with Crippen LogP contribution >= 0.6 is 0 Å². The number of fused-ring (bicyclic) bond motifs is 1. The Bertz CT molecular complexity index is 1270. The highest BCUT2D eigenvalue weighted by Crippen LogP contribution is 2.44. The molecule has 1 aromatic heterocycles. The minimum atomic E-state index is -4.77. The number of hydrogen-bond donors (Lipinski definition) is 2. The van der Waals surface area contributed by atoms with Crippen LogP contribution in [-0.4, -0.2) is 66.6 Å². The number of aliphatic hydroxyl groups is 1. The predicted molar refractivity (Wildman–Crippen MR) is 130 cm³/mol. The molecule has 6 nitrogen and oxygen atoms in total. The summed E-state index contributed by atoms with van der Waals surface area (Å²) in [6, 6.07) is 9.86. The second kappa shape index (κ2) is 10.3. The molecule has 1 aliphatic rings. The molecule has 2 aromatic carbocycles. The lowest BCUT2D eigenvalue weighted by atomic mass is 9.76. The van der Waals surface area contributed by atoms with E-state index in [1.165, 1.54) is 37.4 Å². The number of nitrogens with one attached hydrogen (secondary N) is 1. The molecule has 0 saturated carbocycles. The number of H-pyrrole nitrogens is 1. The van der Waals surface area contributed by atoms with Crippen molar-refractivity contribution >= 4 is 16.8 Å². The van der Waals surface area contributed by atoms with E-state index in [0.29, 0.717) is 54.1 Å². The summed E-state index contributed by atoms with van der Waals surface area (Å²) < 4.78 is 67.4. The SMILES string of the molecule is COc1ccc(F)cc1C(C)(C)CC(O)C(c1cc2ccc(C(=O)N3CCOCC3)cc2[nH]1)C(F)(F)F. The molecule has 1 saturated heterocycles. The Labute approximate surface area is 212 Å². The van der Waals surface area contributed by atoms with Crippen molar-refractivity contribution < 1.29 is 36.9 Å². The Morgan fingerprint density at radius 3 is 2.49 bits per heavy atom. The normalized spacial score (nSPS) is 16.6. The predicted octanol–water partition coefficient (Wildman–Crippen LogP) is 5.16. The Morgan fingerprint density at radius 1 is 1.14 bits per heavy atom. The first-order chi connectivity index (χ1) is 17.4. The second-order valence-electron chi connectivity index (χ2n) is 9.95. The van der Waals surface area contributed by atoms with Gasteiger partial charge in [0.1, 0.15) is 17.5 Å². The molecule has 0 spiro atoms. The van der Waals surface area contributed by atoms with Crippen LogP contribution in [0.1, 0.15) is 47.8 Å². The van der Waals surface area contributed by atoms with Gasteiger partial charge in [-0.25, -0.2) is 4.39 Å². The van der Waals surface area contributed by atoms with Gasteiger partial charge in [-0.2, -0.15) is 13.2 Å². The fourth-order valence-corrected chi connectivity index (χ4v) is 4.96. The number of ether oxygens (including phenoxy) is 2. The van der Waals surface area contributed by atoms with E-state index in [0.717, 1.165) is 0 Å². The number of nitrogens with zero attached hydrogens (tertiary/aromatic N) is 1. The summed E-state index contributed by atoms with van der Waals surface area (Å²) in [7, 11) is 1.39. The Kier molecular flexibility index (Phi) is 7.52. The number of methoxy groups -OCH3 is 1. The quantitative estimate of drug-likeness (QED) is 0.421. The number of alkyl halides is 3. The average molecular weight is 523 g/mol. The van der Waals surface area contributed by atoms with Gasteiger partial charge in [0.25, 0.3) is 5.91 Å². The number of halogens is 4. The molecule has 37 heavy (non-hydrogen) atoms. The molecular formula is C27H30F4N2O4. The van der Waals surface area contributed by atoms with Crippen LogP contribution in [-0.2, 0) is 10.2 Å². The first kappa shape index (κ1) is 26.9. The maximum absolute atomic E-state index is 14.3. The fourth-order valence-electron chi connectivity index (χ4n) is 4.96. The van der Waals surface area contributed by atoms with Gasteiger partial charge in [-0.3, -0.25) is 4.79 Å². The van der Waals surface area contributed by atoms with Crippen LogP contribution in [0, 0.1) is 5.82 Å². The molecule has 2 heterocycles. The highest BCUT2D eigenvalue weighted by Gasteiger charge is 2.48. The van der Waals surface area contributed by atoms with Crippen LogP contribution in [0.4, 0.5) is 17.6 Å². The van der Waals surface area contributed by atoms with E-state index in [-0.39, 0.29) is 18.0 Å². The minimum absolute atomic E-state index is 0.215. The molecule has 0 radical (unpaired) electrons. The highest BCUT2D eigenvalue weighted by molar-refractivity contribution is 5.98. The number of carbonyl (C=O) groups excluding carboxylic acids is 1. The van der Waals surface area contributed by atoms with Crippen molar-refractivity contribution in [2.24, 2.45) is 0 Å². The summed E-state index contributed by atoms with van der Waals surface area (Å²) in [5.41, 5.74) is -0.182. The third-order valence-electron chi connectivity index (χ3n) is 6.87. The van der Waals surface area contributed by atoms with Crippen LogP contribution in [0.25, 0.3) is 10.9 Å². The third kappa shape index (κ3) is 5.75. The van der Waals surface area contributed by atoms with E-state index in [1.807, 2.05) is 0 Å². The number of carbonyl (C=O) groups is 1. The number of rotatable bonds is 7. The van der Waals surface area contributed by atoms with Crippen molar-refractivity contribution in [3.05, 3.63) is 65.1 Å². The largest absolute Gasteiger partial charge is 0.496 e. The summed E-state index contributed by atoms with van der Waals surface area (Å²) in [5.74, 6) is -2.68. The molecule has 0 bridgehead atoms. The van der Waals surface area contributed by atoms with Gasteiger partial charge in [0.15, 0.2) is 0 Å². The number of amides is 1. The van der Waals surface area contributed by atoms with Gasteiger partial charge in [-0.1, -0.05) is 19.9 Å². The molecule has 2 atom stereocenters. The number of aromatic nitrogens is 1. The number of hydrogen-bond acceptors (Lipinski definition) is 4. The summed E-state index contributed by atoms with van der Waals surface area (Å²) in [5, 5.41) is 11.4. The van der Waals surface area contributed by atoms with E-state index in [4.69, 9.17) is 9.47 Å². The van der Waals surface area contributed by atoms with Crippen molar-refractivity contribution in [1.82, 2.24) is 9.88 Å². The maximum Gasteiger partial charge on any atom is 0.399 e. The van der Waals surface area contributed by atoms with Gasteiger partial charge in [-0.05, 0) is 53.6 Å². The van der Waals surface area contributed by atoms with E-state index < -0.39 is 29.4 Å². The van der Waals surface area contributed by atoms with Crippen molar-refractivity contribution in [2.75, 3.05) is 33.4 Å². The van der Waals surface area contributed by atoms with E-state index in [9.17, 15) is 27.5 Å². The van der Waals surface area contributed by atoms with E-state index in [1.54, 1.807) is 30.9 Å². The lowest BCUT2D eigenvalue weighted by molar-refractivity contribution is -0.175. The van der Waals surface area contributed by atoms with Gasteiger partial charge >= 0.3 is 6.18 Å². The molecule has 2 N–H and O–H groups in total. The summed E-state index contributed by atoms with van der Waals surface area (Å²) in [6.07, 6.45) is -6.92. The number of benzene rings is 2. The highest BCUT2D eigenvalue weighted by atomic mass is 19.4. The summed E-state index contributed by atoms with van der Waals surface area (Å²) in [4.78, 5) is 17.2. The Balaban J connectivity index is 1.63. The smallest absolute Gasteiger partial charge is 0.399 e. The van der Waals surface area contributed by atoms with E-state index in [2.05, 4.69) is 4.98 Å². The minimum Gasteiger partial charge on any atom is -0.496 e. The second-order valence-corrected chi connectivity index (χ2v) is 9.95. The lowest BCUT2D eigenvalue weighted by Crippen LogP contribution is -2.40. The average Bonchev–Trinajstić information content (AvgIpc) is 3.25. The van der Waals surface area contributed by atoms with E-state index >= 15 is 0 Å². The molecule has 0 aliphatic carbocycles. The molecule has 1 aliphatic heterocycles. The van der Waals surface area contributed by atoms with Gasteiger partial charge in [-0.15, -0.1) is 0 Å². The summed E-state index contributed by atoms with van der Waals surface area (Å²) in [6.45, 7) is 5.03. The van der Waals surface area contributed by atoms with Gasteiger partial charge in [0, 0.05) is 35.4 Å². The van der Waals surface area contributed by atoms with Crippen molar-refractivity contribution in [3.63, 3.8) is 0 Å². The zero-order valence-electron chi connectivity index (χ0n) is 20.9. The van der Waals surface area contributed by atoms with Crippen LogP contribution < -0.4 is 4.74 Å². The zero-order valence-corrected chi connectivity index (χ0v) is 20.9. The van der Waals surface area contributed by atoms with Gasteiger partial charge < -0.3 is 24.5 Å². The zero-order chi connectivity index (χ0) is 27.0. The van der Waals surface area contributed by atoms with Crippen LogP contribution in [0.5, 0.6) is 5.75 Å². The molecular weight excluding hydrogens is 492 g/mol. The van der Waals surface area contributed by atoms with Crippen LogP contribution in [0.3, 0.4) is 0 Å². The maximum atomic E-state index is 14.3. The number of aromatic amines is 1. The molecule has 200 valence electrons. The van der Waals surface area contributed by atoms with Gasteiger partial charge in [0.05, 0.1) is 26.4 Å². The lowest BCUT2D eigenvalue weighted by Gasteiger charge is -2.33. The molecule has 1 fully saturated rings. The van der Waals surface area contributed by atoms with Crippen LogP contribution in [0.15, 0.2) is 42.5 Å².